The Bertz CT molecular complexity index is 567. The normalized spacial score (nSPS) is 10.2. The van der Waals surface area contributed by atoms with Gasteiger partial charge in [-0.3, -0.25) is 4.68 Å². The van der Waals surface area contributed by atoms with E-state index >= 15 is 0 Å². The Hall–Kier alpha value is -1.59. The van der Waals surface area contributed by atoms with Crippen LogP contribution >= 0.6 is 23.8 Å². The lowest BCUT2D eigenvalue weighted by molar-refractivity contribution is 0.690. The number of nitrogens with zero attached hydrogens (tertiary/aromatic N) is 2. The summed E-state index contributed by atoms with van der Waals surface area (Å²) >= 11 is 11.2. The summed E-state index contributed by atoms with van der Waals surface area (Å²) in [4.78, 5) is 0. The zero-order valence-electron chi connectivity index (χ0n) is 10.6. The molecule has 0 fully saturated rings. The van der Waals surface area contributed by atoms with Crippen LogP contribution < -0.4 is 10.6 Å². The molecule has 1 aromatic carbocycles. The Balaban J connectivity index is 2.02. The molecule has 2 rings (SSSR count). The second-order valence-corrected chi connectivity index (χ2v) is 4.79. The first-order chi connectivity index (χ1) is 9.19. The molecule has 0 atom stereocenters. The minimum Gasteiger partial charge on any atom is -0.363 e. The minimum atomic E-state index is 0.575. The summed E-state index contributed by atoms with van der Waals surface area (Å²) in [6.45, 7) is 3.41. The molecule has 0 spiro atoms. The van der Waals surface area contributed by atoms with Crippen LogP contribution in [0.15, 0.2) is 36.5 Å². The van der Waals surface area contributed by atoms with E-state index in [0.29, 0.717) is 11.7 Å². The van der Waals surface area contributed by atoms with Gasteiger partial charge in [0.05, 0.1) is 6.54 Å². The Morgan fingerprint density at radius 2 is 2.16 bits per heavy atom. The van der Waals surface area contributed by atoms with Crippen LogP contribution in [0, 0.1) is 0 Å². The molecule has 1 aromatic heterocycles. The van der Waals surface area contributed by atoms with Crippen LogP contribution in [-0.2, 0) is 6.54 Å². The third kappa shape index (κ3) is 3.94. The van der Waals surface area contributed by atoms with Gasteiger partial charge in [0, 0.05) is 23.8 Å². The number of aromatic nitrogens is 2. The SMILES string of the molecule is CCNC(=S)Nc1ccn(Cc2ccccc2Cl)n1. The van der Waals surface area contributed by atoms with Crippen LogP contribution in [0.2, 0.25) is 5.02 Å². The molecule has 100 valence electrons. The molecular formula is C13H15ClN4S. The van der Waals surface area contributed by atoms with Crippen molar-refractivity contribution in [3.8, 4) is 0 Å². The largest absolute Gasteiger partial charge is 0.363 e. The van der Waals surface area contributed by atoms with Crippen molar-refractivity contribution in [3.63, 3.8) is 0 Å². The maximum Gasteiger partial charge on any atom is 0.171 e. The highest BCUT2D eigenvalue weighted by Gasteiger charge is 2.03. The van der Waals surface area contributed by atoms with Crippen molar-refractivity contribution in [2.75, 3.05) is 11.9 Å². The fourth-order valence-electron chi connectivity index (χ4n) is 1.64. The van der Waals surface area contributed by atoms with Crippen molar-refractivity contribution in [1.29, 1.82) is 0 Å². The van der Waals surface area contributed by atoms with E-state index in [1.807, 2.05) is 48.1 Å². The third-order valence-corrected chi connectivity index (χ3v) is 3.12. The zero-order chi connectivity index (χ0) is 13.7. The Morgan fingerprint density at radius 1 is 1.37 bits per heavy atom. The van der Waals surface area contributed by atoms with Gasteiger partial charge in [-0.1, -0.05) is 29.8 Å². The van der Waals surface area contributed by atoms with Gasteiger partial charge in [-0.25, -0.2) is 0 Å². The van der Waals surface area contributed by atoms with Crippen LogP contribution in [0.5, 0.6) is 0 Å². The minimum absolute atomic E-state index is 0.575. The molecule has 4 nitrogen and oxygen atoms in total. The molecule has 19 heavy (non-hydrogen) atoms. The molecule has 0 aliphatic carbocycles. The Kier molecular flexibility index (Phi) is 4.76. The number of thiocarbonyl (C=S) groups is 1. The van der Waals surface area contributed by atoms with Crippen LogP contribution in [0.3, 0.4) is 0 Å². The van der Waals surface area contributed by atoms with Crippen molar-refractivity contribution in [1.82, 2.24) is 15.1 Å². The van der Waals surface area contributed by atoms with E-state index in [0.717, 1.165) is 22.9 Å². The molecule has 6 heteroatoms. The van der Waals surface area contributed by atoms with E-state index in [1.165, 1.54) is 0 Å². The number of rotatable bonds is 4. The van der Waals surface area contributed by atoms with E-state index < -0.39 is 0 Å². The third-order valence-electron chi connectivity index (χ3n) is 2.51. The molecular weight excluding hydrogens is 280 g/mol. The molecule has 1 heterocycles. The van der Waals surface area contributed by atoms with E-state index in [2.05, 4.69) is 15.7 Å². The lowest BCUT2D eigenvalue weighted by Gasteiger charge is -2.06. The van der Waals surface area contributed by atoms with E-state index in [1.54, 1.807) is 0 Å². The quantitative estimate of drug-likeness (QED) is 0.851. The summed E-state index contributed by atoms with van der Waals surface area (Å²) in [5.74, 6) is 0.720. The molecule has 0 bridgehead atoms. The number of benzene rings is 1. The van der Waals surface area contributed by atoms with Gasteiger partial charge in [0.15, 0.2) is 10.9 Å². The maximum atomic E-state index is 6.12. The molecule has 0 unspecified atom stereocenters. The Labute approximate surface area is 122 Å². The van der Waals surface area contributed by atoms with Gasteiger partial charge in [-0.05, 0) is 30.8 Å². The number of hydrogen-bond donors (Lipinski definition) is 2. The summed E-state index contributed by atoms with van der Waals surface area (Å²) in [6, 6.07) is 9.61. The summed E-state index contributed by atoms with van der Waals surface area (Å²) in [5, 5.41) is 11.7. The van der Waals surface area contributed by atoms with Crippen LogP contribution in [-0.4, -0.2) is 21.4 Å². The van der Waals surface area contributed by atoms with Crippen LogP contribution in [0.1, 0.15) is 12.5 Å². The predicted molar refractivity (Wildman–Crippen MR) is 82.7 cm³/mol. The summed E-state index contributed by atoms with van der Waals surface area (Å²) < 4.78 is 1.82. The monoisotopic (exact) mass is 294 g/mol. The predicted octanol–water partition coefficient (Wildman–Crippen LogP) is 2.89. The van der Waals surface area contributed by atoms with Crippen molar-refractivity contribution < 1.29 is 0 Å². The van der Waals surface area contributed by atoms with Crippen LogP contribution in [0.4, 0.5) is 5.82 Å². The molecule has 2 aromatic rings. The Morgan fingerprint density at radius 3 is 2.89 bits per heavy atom. The highest BCUT2D eigenvalue weighted by Crippen LogP contribution is 2.16. The number of hydrogen-bond acceptors (Lipinski definition) is 2. The summed E-state index contributed by atoms with van der Waals surface area (Å²) in [7, 11) is 0. The van der Waals surface area contributed by atoms with Gasteiger partial charge in [0.25, 0.3) is 0 Å². The first-order valence-electron chi connectivity index (χ1n) is 6.00. The van der Waals surface area contributed by atoms with Gasteiger partial charge < -0.3 is 10.6 Å². The van der Waals surface area contributed by atoms with Gasteiger partial charge in [-0.15, -0.1) is 0 Å². The standard InChI is InChI=1S/C13H15ClN4S/c1-2-15-13(19)16-12-7-8-18(17-12)9-10-5-3-4-6-11(10)14/h3-8H,2,9H2,1H3,(H2,15,16,17,19). The topological polar surface area (TPSA) is 41.9 Å². The van der Waals surface area contributed by atoms with Crippen molar-refractivity contribution in [2.24, 2.45) is 0 Å². The number of anilines is 1. The van der Waals surface area contributed by atoms with E-state index in [-0.39, 0.29) is 0 Å². The van der Waals surface area contributed by atoms with E-state index in [4.69, 9.17) is 23.8 Å². The van der Waals surface area contributed by atoms with Gasteiger partial charge in [0.1, 0.15) is 0 Å². The molecule has 0 radical (unpaired) electrons. The van der Waals surface area contributed by atoms with Crippen molar-refractivity contribution in [3.05, 3.63) is 47.1 Å². The first kappa shape index (κ1) is 13.8. The lowest BCUT2D eigenvalue weighted by Crippen LogP contribution is -2.28. The molecule has 0 saturated heterocycles. The molecule has 0 aliphatic heterocycles. The molecule has 2 N–H and O–H groups in total. The zero-order valence-corrected chi connectivity index (χ0v) is 12.1. The average molecular weight is 295 g/mol. The van der Waals surface area contributed by atoms with Crippen molar-refractivity contribution in [2.45, 2.75) is 13.5 Å². The molecule has 0 amide bonds. The second kappa shape index (κ2) is 6.54. The first-order valence-corrected chi connectivity index (χ1v) is 6.79. The highest BCUT2D eigenvalue weighted by molar-refractivity contribution is 7.80. The van der Waals surface area contributed by atoms with Crippen molar-refractivity contribution >= 4 is 34.7 Å². The second-order valence-electron chi connectivity index (χ2n) is 3.97. The summed E-state index contributed by atoms with van der Waals surface area (Å²) in [5.41, 5.74) is 1.04. The number of halogens is 1. The van der Waals surface area contributed by atoms with Gasteiger partial charge in [0.2, 0.25) is 0 Å². The lowest BCUT2D eigenvalue weighted by atomic mass is 10.2. The summed E-state index contributed by atoms with van der Waals surface area (Å²) in [6.07, 6.45) is 1.89. The molecule has 0 saturated carbocycles. The smallest absolute Gasteiger partial charge is 0.171 e. The highest BCUT2D eigenvalue weighted by atomic mass is 35.5. The van der Waals surface area contributed by atoms with E-state index in [9.17, 15) is 0 Å². The maximum absolute atomic E-state index is 6.12. The molecule has 0 aliphatic rings. The average Bonchev–Trinajstić information content (AvgIpc) is 2.80. The fourth-order valence-corrected chi connectivity index (χ4v) is 2.08. The number of nitrogens with one attached hydrogen (secondary N) is 2. The fraction of sp³-hybridized carbons (Fsp3) is 0.231. The van der Waals surface area contributed by atoms with Crippen LogP contribution in [0.25, 0.3) is 0 Å². The van der Waals surface area contributed by atoms with Gasteiger partial charge >= 0.3 is 0 Å². The van der Waals surface area contributed by atoms with Gasteiger partial charge in [-0.2, -0.15) is 5.10 Å².